The summed E-state index contributed by atoms with van der Waals surface area (Å²) in [6, 6.07) is 6.02. The number of alkyl halides is 4. The number of hydrogen-bond acceptors (Lipinski definition) is 5. The number of nitrogens with zero attached hydrogens (tertiary/aromatic N) is 3. The van der Waals surface area contributed by atoms with Gasteiger partial charge in [0.2, 0.25) is 5.78 Å². The third-order valence-electron chi connectivity index (χ3n) is 6.51. The fraction of sp³-hybridized carbons (Fsp3) is 0.520. The molecule has 0 fully saturated rings. The molecule has 3 heterocycles. The second kappa shape index (κ2) is 11.2. The number of anilines is 2. The van der Waals surface area contributed by atoms with Gasteiger partial charge in [0.15, 0.2) is 0 Å². The number of carbonyl (C=O) groups is 1. The van der Waals surface area contributed by atoms with E-state index < -0.39 is 15.3 Å². The highest BCUT2D eigenvalue weighted by molar-refractivity contribution is 14.2. The number of aromatic nitrogens is 2. The van der Waals surface area contributed by atoms with Gasteiger partial charge in [-0.25, -0.2) is 9.97 Å². The molecule has 0 spiro atoms. The molecule has 34 heavy (non-hydrogen) atoms. The monoisotopic (exact) mass is 696 g/mol. The van der Waals surface area contributed by atoms with Crippen molar-refractivity contribution in [2.45, 2.75) is 42.5 Å². The number of hydrogen-bond donors (Lipinski definition) is 1. The lowest BCUT2D eigenvalue weighted by Gasteiger charge is -2.31. The number of halogens is 4. The Hall–Kier alpha value is -1.24. The zero-order valence-corrected chi connectivity index (χ0v) is 24.4. The summed E-state index contributed by atoms with van der Waals surface area (Å²) >= 11 is 0.906. The van der Waals surface area contributed by atoms with E-state index in [0.29, 0.717) is 33.4 Å². The van der Waals surface area contributed by atoms with Crippen LogP contribution in [-0.4, -0.2) is 36.8 Å². The first-order chi connectivity index (χ1) is 15.9. The van der Waals surface area contributed by atoms with E-state index in [9.17, 15) is 13.6 Å². The molecule has 9 heteroatoms. The quantitative estimate of drug-likeness (QED) is 0.209. The van der Waals surface area contributed by atoms with E-state index in [1.54, 1.807) is 12.1 Å². The smallest absolute Gasteiger partial charge is 0.323 e. The Balaban J connectivity index is 2.08. The minimum atomic E-state index is -3.25. The maximum absolute atomic E-state index is 14.5. The normalized spacial score (nSPS) is 20.2. The highest BCUT2D eigenvalue weighted by Gasteiger charge is 2.35. The summed E-state index contributed by atoms with van der Waals surface area (Å²) < 4.78 is 28.8. The lowest BCUT2D eigenvalue weighted by atomic mass is 9.93. The number of rotatable bonds is 7. The third-order valence-corrected chi connectivity index (χ3v) is 10.9. The Morgan fingerprint density at radius 2 is 1.91 bits per heavy atom. The summed E-state index contributed by atoms with van der Waals surface area (Å²) in [7, 11) is 0. The van der Waals surface area contributed by atoms with Gasteiger partial charge in [-0.05, 0) is 46.0 Å². The lowest BCUT2D eigenvalue weighted by molar-refractivity contribution is 0.100. The zero-order valence-electron chi connectivity index (χ0n) is 20.1. The number of pyridine rings is 2. The van der Waals surface area contributed by atoms with Gasteiger partial charge in [0.1, 0.15) is 17.3 Å². The first-order valence-electron chi connectivity index (χ1n) is 11.4. The molecule has 3 rings (SSSR count). The third kappa shape index (κ3) is 6.30. The van der Waals surface area contributed by atoms with E-state index in [0.717, 1.165) is 35.7 Å². The van der Waals surface area contributed by atoms with Gasteiger partial charge < -0.3 is 10.6 Å². The number of nitrogens with two attached hydrogens (primary N) is 1. The largest absolute Gasteiger partial charge is 0.383 e. The number of ketones is 1. The molecular weight excluding hydrogens is 664 g/mol. The molecule has 0 saturated carbocycles. The van der Waals surface area contributed by atoms with Crippen molar-refractivity contribution < 1.29 is 13.6 Å². The van der Waals surface area contributed by atoms with Crippen LogP contribution >= 0.6 is 43.3 Å². The van der Waals surface area contributed by atoms with Crippen LogP contribution in [0, 0.1) is 23.7 Å². The molecule has 186 valence electrons. The van der Waals surface area contributed by atoms with E-state index in [1.165, 1.54) is 18.3 Å². The molecule has 3 atom stereocenters. The number of nitrogen functional groups attached to an aromatic ring is 1. The topological polar surface area (TPSA) is 72.1 Å². The van der Waals surface area contributed by atoms with Crippen LogP contribution < -0.4 is 10.6 Å². The Morgan fingerprint density at radius 1 is 1.21 bits per heavy atom. The van der Waals surface area contributed by atoms with Crippen LogP contribution in [0.5, 0.6) is 0 Å². The fourth-order valence-corrected chi connectivity index (χ4v) is 8.56. The Kier molecular flexibility index (Phi) is 9.02. The van der Waals surface area contributed by atoms with Crippen molar-refractivity contribution in [1.82, 2.24) is 9.97 Å². The summed E-state index contributed by atoms with van der Waals surface area (Å²) in [5, 5.41) is 0. The van der Waals surface area contributed by atoms with Gasteiger partial charge in [-0.1, -0.05) is 34.6 Å². The molecule has 1 aliphatic heterocycles. The first-order valence-corrected chi connectivity index (χ1v) is 15.0. The van der Waals surface area contributed by atoms with E-state index in [4.69, 9.17) is 5.73 Å². The van der Waals surface area contributed by atoms with E-state index in [-0.39, 0.29) is 37.8 Å². The standard InChI is InChI=1S/C25H32F2I2N4O/c1-14(2)16(5)20-13-33(12-17(11-29-20)15(3)4)21-9-8-19(25(26,27)28)22(32-21)23(34)18-7-6-10-31-24(18)30/h6-11,14-17,20H,12-13H2,1-5H3,(H2,30,31)/t16?,17-,20+/m0/s1. The predicted molar refractivity (Wildman–Crippen MR) is 153 cm³/mol. The number of carbonyl (C=O) groups excluding carboxylic acids is 1. The highest BCUT2D eigenvalue weighted by Crippen LogP contribution is 2.39. The maximum atomic E-state index is 14.5. The van der Waals surface area contributed by atoms with Crippen LogP contribution in [0.25, 0.3) is 0 Å². The van der Waals surface area contributed by atoms with Crippen LogP contribution in [-0.2, 0) is 3.93 Å². The van der Waals surface area contributed by atoms with Crippen molar-refractivity contribution in [1.29, 1.82) is 0 Å². The average Bonchev–Trinajstić information content (AvgIpc) is 3.01. The minimum absolute atomic E-state index is 0.00208. The highest BCUT2D eigenvalue weighted by atomic mass is 127. The van der Waals surface area contributed by atoms with Crippen LogP contribution in [0.15, 0.2) is 30.5 Å². The van der Waals surface area contributed by atoms with Gasteiger partial charge >= 0.3 is 3.93 Å². The maximum Gasteiger partial charge on any atom is 0.323 e. The van der Waals surface area contributed by atoms with Gasteiger partial charge in [0.25, 0.3) is 0 Å². The van der Waals surface area contributed by atoms with Crippen molar-refractivity contribution in [3.8, 4) is 0 Å². The molecule has 0 radical (unpaired) electrons. The molecule has 1 aliphatic rings. The van der Waals surface area contributed by atoms with Crippen molar-refractivity contribution in [3.05, 3.63) is 47.3 Å². The molecule has 0 amide bonds. The summed E-state index contributed by atoms with van der Waals surface area (Å²) in [5.41, 5.74) is 5.29. The SMILES string of the molecule is CC(C)C(C)[C@H]1CN(c2ccc(C(F)(F)I)c(C(=O)c3cccnc3N)n2)C[C@@H](C(C)C)C=I1. The van der Waals surface area contributed by atoms with Crippen LogP contribution in [0.3, 0.4) is 0 Å². The van der Waals surface area contributed by atoms with Gasteiger partial charge in [-0.15, -0.1) is 20.7 Å². The van der Waals surface area contributed by atoms with Crippen molar-refractivity contribution in [3.63, 3.8) is 0 Å². The molecule has 0 aromatic carbocycles. The molecule has 0 aliphatic carbocycles. The first kappa shape index (κ1) is 27.3. The molecule has 0 bridgehead atoms. The minimum Gasteiger partial charge on any atom is -0.383 e. The lowest BCUT2D eigenvalue weighted by Crippen LogP contribution is -2.37. The fourth-order valence-electron chi connectivity index (χ4n) is 3.81. The Morgan fingerprint density at radius 3 is 2.50 bits per heavy atom. The Bertz CT molecular complexity index is 1060. The van der Waals surface area contributed by atoms with Gasteiger partial charge in [-0.3, -0.25) is 4.79 Å². The van der Waals surface area contributed by atoms with Crippen LogP contribution in [0.2, 0.25) is 0 Å². The van der Waals surface area contributed by atoms with Crippen LogP contribution in [0.4, 0.5) is 20.4 Å². The van der Waals surface area contributed by atoms with Crippen LogP contribution in [0.1, 0.15) is 56.2 Å². The molecule has 2 aromatic rings. The second-order valence-electron chi connectivity index (χ2n) is 9.51. The van der Waals surface area contributed by atoms with Crippen molar-refractivity contribution in [2.75, 3.05) is 23.7 Å². The van der Waals surface area contributed by atoms with E-state index in [2.05, 4.69) is 53.5 Å². The van der Waals surface area contributed by atoms with Crippen molar-refractivity contribution >= 4 is 64.8 Å². The molecule has 0 saturated heterocycles. The van der Waals surface area contributed by atoms with Gasteiger partial charge in [0, 0.05) is 51.7 Å². The second-order valence-corrected chi connectivity index (χ2v) is 13.9. The Labute approximate surface area is 224 Å². The zero-order chi connectivity index (χ0) is 25.2. The molecule has 5 nitrogen and oxygen atoms in total. The molecule has 2 aromatic heterocycles. The summed E-state index contributed by atoms with van der Waals surface area (Å²) in [6.07, 6.45) is 1.46. The molecule has 2 N–H and O–H groups in total. The van der Waals surface area contributed by atoms with E-state index >= 15 is 0 Å². The average molecular weight is 696 g/mol. The van der Waals surface area contributed by atoms with Gasteiger partial charge in [-0.2, -0.15) is 8.78 Å². The summed E-state index contributed by atoms with van der Waals surface area (Å²) in [4.78, 5) is 24.0. The van der Waals surface area contributed by atoms with Crippen molar-refractivity contribution in [2.24, 2.45) is 23.7 Å². The van der Waals surface area contributed by atoms with E-state index in [1.807, 2.05) is 0 Å². The molecular formula is C25H32F2I2N4O. The van der Waals surface area contributed by atoms with Gasteiger partial charge in [0.05, 0.1) is 11.1 Å². The predicted octanol–water partition coefficient (Wildman–Crippen LogP) is 6.30. The summed E-state index contributed by atoms with van der Waals surface area (Å²) in [5.74, 6) is 1.85. The molecule has 1 unspecified atom stereocenters. The summed E-state index contributed by atoms with van der Waals surface area (Å²) in [6.45, 7) is 12.8.